The molecule has 0 radical (unpaired) electrons. The van der Waals surface area contributed by atoms with Gasteiger partial charge in [-0.05, 0) is 42.7 Å². The first kappa shape index (κ1) is 26.2. The average molecular weight is 498 g/mol. The lowest BCUT2D eigenvalue weighted by Crippen LogP contribution is -2.30. The van der Waals surface area contributed by atoms with E-state index in [9.17, 15) is 29.6 Å². The van der Waals surface area contributed by atoms with Crippen molar-refractivity contribution in [2.75, 3.05) is 20.8 Å². The van der Waals surface area contributed by atoms with Crippen molar-refractivity contribution in [3.8, 4) is 11.5 Å². The number of unbranched alkanes of at least 4 members (excludes halogenated alkanes) is 2. The number of amides is 1. The molecular weight excluding hydrogens is 472 g/mol. The smallest absolute Gasteiger partial charge is 0.303 e. The Morgan fingerprint density at radius 2 is 1.67 bits per heavy atom. The second kappa shape index (κ2) is 11.3. The van der Waals surface area contributed by atoms with Crippen LogP contribution in [0.2, 0.25) is 0 Å². The van der Waals surface area contributed by atoms with Gasteiger partial charge in [0.05, 0.1) is 30.8 Å². The first-order valence-electron chi connectivity index (χ1n) is 11.2. The number of aliphatic hydroxyl groups is 1. The van der Waals surface area contributed by atoms with Crippen LogP contribution in [0.1, 0.15) is 42.9 Å². The van der Waals surface area contributed by atoms with Crippen LogP contribution in [0.15, 0.2) is 48.0 Å². The van der Waals surface area contributed by atoms with Crippen LogP contribution in [-0.4, -0.2) is 58.5 Å². The molecule has 11 heteroatoms. The number of nitrogens with zero attached hydrogens (tertiary/aromatic N) is 2. The highest BCUT2D eigenvalue weighted by Crippen LogP contribution is 2.42. The molecule has 36 heavy (non-hydrogen) atoms. The number of benzene rings is 2. The Hall–Kier alpha value is -4.41. The Kier molecular flexibility index (Phi) is 8.26. The number of ether oxygens (including phenoxy) is 2. The number of Topliss-reactive ketones (excluding diaryl/α,β-unsaturated/α-hetero) is 1. The number of aliphatic carboxylic acids is 1. The SMILES string of the molecule is COc1ccc([C@@H]2C(=C(O)c3ccc([N+](=O)[O-])cc3)C(=O)C(=O)N2CCCCCC(=O)O)cc1OC. The molecule has 2 aromatic carbocycles. The van der Waals surface area contributed by atoms with E-state index in [2.05, 4.69) is 0 Å². The third-order valence-electron chi connectivity index (χ3n) is 5.90. The van der Waals surface area contributed by atoms with Gasteiger partial charge in [0.25, 0.3) is 17.4 Å². The number of nitro groups is 1. The number of non-ortho nitro benzene ring substituents is 1. The summed E-state index contributed by atoms with van der Waals surface area (Å²) in [7, 11) is 2.91. The van der Waals surface area contributed by atoms with Gasteiger partial charge in [0.2, 0.25) is 0 Å². The number of rotatable bonds is 11. The second-order valence-corrected chi connectivity index (χ2v) is 8.12. The number of aliphatic hydroxyl groups excluding tert-OH is 1. The van der Waals surface area contributed by atoms with Crippen molar-refractivity contribution in [3.63, 3.8) is 0 Å². The van der Waals surface area contributed by atoms with E-state index in [0.717, 1.165) is 0 Å². The molecule has 0 aromatic heterocycles. The van der Waals surface area contributed by atoms with E-state index in [1.54, 1.807) is 18.2 Å². The van der Waals surface area contributed by atoms with Crippen molar-refractivity contribution >= 4 is 29.1 Å². The fourth-order valence-corrected chi connectivity index (χ4v) is 4.11. The Balaban J connectivity index is 2.05. The number of likely N-dealkylation sites (tertiary alicyclic amines) is 1. The lowest BCUT2D eigenvalue weighted by Gasteiger charge is -2.26. The molecule has 3 rings (SSSR count). The number of carboxylic acids is 1. The molecule has 1 aliphatic rings. The third-order valence-corrected chi connectivity index (χ3v) is 5.90. The van der Waals surface area contributed by atoms with Crippen molar-refractivity contribution in [3.05, 3.63) is 69.3 Å². The van der Waals surface area contributed by atoms with Crippen LogP contribution in [0.4, 0.5) is 5.69 Å². The fourth-order valence-electron chi connectivity index (χ4n) is 4.11. The summed E-state index contributed by atoms with van der Waals surface area (Å²) < 4.78 is 10.6. The third kappa shape index (κ3) is 5.45. The zero-order chi connectivity index (χ0) is 26.4. The minimum absolute atomic E-state index is 0.00192. The zero-order valence-electron chi connectivity index (χ0n) is 19.8. The maximum atomic E-state index is 13.1. The van der Waals surface area contributed by atoms with E-state index in [0.29, 0.717) is 36.3 Å². The maximum Gasteiger partial charge on any atom is 0.303 e. The molecule has 1 fully saturated rings. The van der Waals surface area contributed by atoms with Gasteiger partial charge >= 0.3 is 5.97 Å². The largest absolute Gasteiger partial charge is 0.507 e. The van der Waals surface area contributed by atoms with E-state index in [-0.39, 0.29) is 29.8 Å². The van der Waals surface area contributed by atoms with E-state index >= 15 is 0 Å². The summed E-state index contributed by atoms with van der Waals surface area (Å²) >= 11 is 0. The molecule has 0 unspecified atom stereocenters. The standard InChI is InChI=1S/C25H26N2O9/c1-35-18-12-9-16(14-19(18)36-2)22-21(23(30)15-7-10-17(11-8-15)27(33)34)24(31)25(32)26(22)13-5-3-4-6-20(28)29/h7-12,14,22,30H,3-6,13H2,1-2H3,(H,28,29)/t22-/m1/s1. The first-order chi connectivity index (χ1) is 17.2. The monoisotopic (exact) mass is 498 g/mol. The van der Waals surface area contributed by atoms with Crippen molar-refractivity contribution < 1.29 is 39.0 Å². The Bertz CT molecular complexity index is 1200. The number of carbonyl (C=O) groups excluding carboxylic acids is 2. The van der Waals surface area contributed by atoms with Crippen molar-refractivity contribution in [1.82, 2.24) is 4.90 Å². The van der Waals surface area contributed by atoms with Gasteiger partial charge in [-0.1, -0.05) is 12.5 Å². The predicted octanol–water partition coefficient (Wildman–Crippen LogP) is 3.68. The lowest BCUT2D eigenvalue weighted by molar-refractivity contribution is -0.384. The number of hydrogen-bond donors (Lipinski definition) is 2. The van der Waals surface area contributed by atoms with Gasteiger partial charge in [0.15, 0.2) is 11.5 Å². The highest BCUT2D eigenvalue weighted by molar-refractivity contribution is 6.46. The van der Waals surface area contributed by atoms with Crippen LogP contribution >= 0.6 is 0 Å². The van der Waals surface area contributed by atoms with Gasteiger partial charge in [0, 0.05) is 30.7 Å². The molecule has 0 aliphatic carbocycles. The molecule has 0 spiro atoms. The molecule has 0 bridgehead atoms. The van der Waals surface area contributed by atoms with E-state index in [4.69, 9.17) is 14.6 Å². The van der Waals surface area contributed by atoms with Gasteiger partial charge in [-0.15, -0.1) is 0 Å². The molecule has 1 amide bonds. The van der Waals surface area contributed by atoms with Crippen molar-refractivity contribution in [2.24, 2.45) is 0 Å². The molecule has 190 valence electrons. The van der Waals surface area contributed by atoms with Crippen molar-refractivity contribution in [2.45, 2.75) is 31.7 Å². The molecule has 2 N–H and O–H groups in total. The van der Waals surface area contributed by atoms with Gasteiger partial charge in [-0.25, -0.2) is 0 Å². The molecule has 11 nitrogen and oxygen atoms in total. The molecule has 1 aliphatic heterocycles. The maximum absolute atomic E-state index is 13.1. The van der Waals surface area contributed by atoms with Gasteiger partial charge in [-0.2, -0.15) is 0 Å². The number of carboxylic acid groups (broad SMARTS) is 1. The van der Waals surface area contributed by atoms with E-state index in [1.165, 1.54) is 43.4 Å². The topological polar surface area (TPSA) is 157 Å². The van der Waals surface area contributed by atoms with Crippen molar-refractivity contribution in [1.29, 1.82) is 0 Å². The Morgan fingerprint density at radius 3 is 2.25 bits per heavy atom. The molecular formula is C25H26N2O9. The quantitative estimate of drug-likeness (QED) is 0.118. The summed E-state index contributed by atoms with van der Waals surface area (Å²) in [5.74, 6) is -2.28. The van der Waals surface area contributed by atoms with Crippen LogP contribution in [0.3, 0.4) is 0 Å². The van der Waals surface area contributed by atoms with E-state index < -0.39 is 34.4 Å². The molecule has 2 aromatic rings. The van der Waals surface area contributed by atoms with Gasteiger partial charge in [0.1, 0.15) is 5.76 Å². The summed E-state index contributed by atoms with van der Waals surface area (Å²) in [5, 5.41) is 30.9. The van der Waals surface area contributed by atoms with Crippen LogP contribution in [0.5, 0.6) is 11.5 Å². The minimum Gasteiger partial charge on any atom is -0.507 e. The minimum atomic E-state index is -0.959. The van der Waals surface area contributed by atoms with Crippen LogP contribution in [-0.2, 0) is 14.4 Å². The van der Waals surface area contributed by atoms with Crippen LogP contribution in [0.25, 0.3) is 5.76 Å². The number of methoxy groups -OCH3 is 2. The van der Waals surface area contributed by atoms with Gasteiger partial charge < -0.3 is 24.6 Å². The second-order valence-electron chi connectivity index (χ2n) is 8.12. The lowest BCUT2D eigenvalue weighted by atomic mass is 9.94. The highest BCUT2D eigenvalue weighted by atomic mass is 16.6. The summed E-state index contributed by atoms with van der Waals surface area (Å²) in [6, 6.07) is 8.91. The number of hydrogen-bond acceptors (Lipinski definition) is 8. The fraction of sp³-hybridized carbons (Fsp3) is 0.320. The summed E-state index contributed by atoms with van der Waals surface area (Å²) in [4.78, 5) is 48.6. The highest BCUT2D eigenvalue weighted by Gasteiger charge is 2.46. The number of nitro benzene ring substituents is 1. The summed E-state index contributed by atoms with van der Waals surface area (Å²) in [6.07, 6.45) is 1.39. The first-order valence-corrected chi connectivity index (χ1v) is 11.2. The Morgan fingerprint density at radius 1 is 1.00 bits per heavy atom. The Labute approximate surface area is 206 Å². The predicted molar refractivity (Wildman–Crippen MR) is 128 cm³/mol. The number of ketones is 1. The number of carbonyl (C=O) groups is 3. The van der Waals surface area contributed by atoms with E-state index in [1.807, 2.05) is 0 Å². The normalized spacial score (nSPS) is 16.7. The van der Waals surface area contributed by atoms with Crippen LogP contribution in [0, 0.1) is 10.1 Å². The summed E-state index contributed by atoms with van der Waals surface area (Å²) in [5.41, 5.74) is 0.280. The van der Waals surface area contributed by atoms with Crippen LogP contribution < -0.4 is 9.47 Å². The summed E-state index contributed by atoms with van der Waals surface area (Å²) in [6.45, 7) is 0.153. The van der Waals surface area contributed by atoms with Gasteiger partial charge in [-0.3, -0.25) is 24.5 Å². The molecule has 1 heterocycles. The molecule has 1 saturated heterocycles. The molecule has 0 saturated carbocycles. The molecule has 1 atom stereocenters. The average Bonchev–Trinajstić information content (AvgIpc) is 3.12. The zero-order valence-corrected chi connectivity index (χ0v) is 19.8.